The highest BCUT2D eigenvalue weighted by molar-refractivity contribution is 9.10. The summed E-state index contributed by atoms with van der Waals surface area (Å²) in [4.78, 5) is 0. The zero-order valence-corrected chi connectivity index (χ0v) is 10.4. The first-order valence-corrected chi connectivity index (χ1v) is 6.17. The zero-order valence-electron chi connectivity index (χ0n) is 8.83. The Morgan fingerprint density at radius 2 is 2.20 bits per heavy atom. The van der Waals surface area contributed by atoms with E-state index in [-0.39, 0.29) is 12.1 Å². The van der Waals surface area contributed by atoms with Crippen molar-refractivity contribution in [2.45, 2.75) is 38.3 Å². The molecule has 1 aromatic carbocycles. The number of halogens is 1. The zero-order chi connectivity index (χ0) is 10.8. The molecule has 1 fully saturated rings. The maximum atomic E-state index is 9.72. The highest BCUT2D eigenvalue weighted by atomic mass is 79.9. The summed E-state index contributed by atoms with van der Waals surface area (Å²) in [5.41, 5.74) is 2.31. The molecule has 0 unspecified atom stereocenters. The highest BCUT2D eigenvalue weighted by Crippen LogP contribution is 2.28. The molecule has 0 heterocycles. The van der Waals surface area contributed by atoms with E-state index in [2.05, 4.69) is 46.4 Å². The van der Waals surface area contributed by atoms with Gasteiger partial charge in [0.1, 0.15) is 0 Å². The van der Waals surface area contributed by atoms with E-state index in [1.807, 2.05) is 0 Å². The van der Waals surface area contributed by atoms with Crippen molar-refractivity contribution in [1.82, 2.24) is 0 Å². The van der Waals surface area contributed by atoms with Crippen LogP contribution in [0.2, 0.25) is 0 Å². The van der Waals surface area contributed by atoms with E-state index in [0.717, 1.165) is 29.4 Å². The van der Waals surface area contributed by atoms with Crippen LogP contribution < -0.4 is 5.32 Å². The molecule has 0 radical (unpaired) electrons. The second kappa shape index (κ2) is 4.54. The fourth-order valence-corrected chi connectivity index (χ4v) is 2.65. The lowest BCUT2D eigenvalue weighted by atomic mass is 10.2. The molecular weight excluding hydrogens is 254 g/mol. The van der Waals surface area contributed by atoms with Crippen molar-refractivity contribution < 1.29 is 5.11 Å². The molecule has 1 saturated carbocycles. The molecule has 0 aromatic heterocycles. The van der Waals surface area contributed by atoms with Crippen LogP contribution in [0, 0.1) is 6.92 Å². The van der Waals surface area contributed by atoms with Gasteiger partial charge >= 0.3 is 0 Å². The second-order valence-electron chi connectivity index (χ2n) is 4.23. The number of hydrogen-bond acceptors (Lipinski definition) is 2. The lowest BCUT2D eigenvalue weighted by Crippen LogP contribution is -2.27. The predicted octanol–water partition coefficient (Wildman–Crippen LogP) is 3.08. The molecule has 2 nitrogen and oxygen atoms in total. The van der Waals surface area contributed by atoms with Gasteiger partial charge in [-0.3, -0.25) is 0 Å². The van der Waals surface area contributed by atoms with Crippen LogP contribution in [0.4, 0.5) is 5.69 Å². The van der Waals surface area contributed by atoms with Crippen molar-refractivity contribution in [3.63, 3.8) is 0 Å². The molecular formula is C12H16BrNO. The fraction of sp³-hybridized carbons (Fsp3) is 0.500. The minimum atomic E-state index is -0.196. The van der Waals surface area contributed by atoms with Gasteiger partial charge in [-0.2, -0.15) is 0 Å². The van der Waals surface area contributed by atoms with Crippen molar-refractivity contribution in [3.05, 3.63) is 28.2 Å². The summed E-state index contributed by atoms with van der Waals surface area (Å²) in [6, 6.07) is 6.44. The molecule has 1 aliphatic carbocycles. The molecule has 82 valence electrons. The molecule has 0 saturated heterocycles. The third kappa shape index (κ3) is 2.52. The average molecular weight is 270 g/mol. The fourth-order valence-electron chi connectivity index (χ4n) is 2.05. The minimum absolute atomic E-state index is 0.196. The Bertz CT molecular complexity index is 353. The topological polar surface area (TPSA) is 32.3 Å². The second-order valence-corrected chi connectivity index (χ2v) is 5.09. The lowest BCUT2D eigenvalue weighted by molar-refractivity contribution is 0.172. The van der Waals surface area contributed by atoms with Crippen LogP contribution in [-0.4, -0.2) is 17.3 Å². The summed E-state index contributed by atoms with van der Waals surface area (Å²) in [5.74, 6) is 0. The molecule has 15 heavy (non-hydrogen) atoms. The van der Waals surface area contributed by atoms with E-state index in [0.29, 0.717) is 0 Å². The summed E-state index contributed by atoms with van der Waals surface area (Å²) >= 11 is 3.53. The molecule has 0 amide bonds. The number of aliphatic hydroxyl groups excluding tert-OH is 1. The molecule has 1 aliphatic rings. The Hall–Kier alpha value is -0.540. The molecule has 2 atom stereocenters. The van der Waals surface area contributed by atoms with Crippen LogP contribution in [0.25, 0.3) is 0 Å². The van der Waals surface area contributed by atoms with E-state index in [1.165, 1.54) is 5.56 Å². The Balaban J connectivity index is 2.10. The van der Waals surface area contributed by atoms with E-state index in [1.54, 1.807) is 0 Å². The van der Waals surface area contributed by atoms with Crippen molar-refractivity contribution >= 4 is 21.6 Å². The Kier molecular flexibility index (Phi) is 3.32. The molecule has 3 heteroatoms. The van der Waals surface area contributed by atoms with E-state index >= 15 is 0 Å². The first-order valence-electron chi connectivity index (χ1n) is 5.37. The Morgan fingerprint density at radius 3 is 2.80 bits per heavy atom. The number of rotatable bonds is 2. The maximum absolute atomic E-state index is 9.72. The number of nitrogens with one attached hydrogen (secondary N) is 1. The summed E-state index contributed by atoms with van der Waals surface area (Å²) in [6.07, 6.45) is 2.89. The smallest absolute Gasteiger partial charge is 0.0741 e. The van der Waals surface area contributed by atoms with Crippen LogP contribution >= 0.6 is 15.9 Å². The highest BCUT2D eigenvalue weighted by Gasteiger charge is 2.25. The molecule has 1 aromatic rings. The number of aryl methyl sites for hydroxylation is 1. The van der Waals surface area contributed by atoms with Crippen molar-refractivity contribution in [1.29, 1.82) is 0 Å². The van der Waals surface area contributed by atoms with Gasteiger partial charge in [0.15, 0.2) is 0 Å². The molecule has 0 aliphatic heterocycles. The van der Waals surface area contributed by atoms with Crippen molar-refractivity contribution in [3.8, 4) is 0 Å². The van der Waals surface area contributed by atoms with E-state index < -0.39 is 0 Å². The van der Waals surface area contributed by atoms with E-state index in [9.17, 15) is 5.11 Å². The summed E-state index contributed by atoms with van der Waals surface area (Å²) in [5, 5.41) is 13.1. The van der Waals surface area contributed by atoms with Gasteiger partial charge in [0, 0.05) is 10.2 Å². The average Bonchev–Trinajstić information content (AvgIpc) is 2.57. The van der Waals surface area contributed by atoms with E-state index in [4.69, 9.17) is 0 Å². The maximum Gasteiger partial charge on any atom is 0.0741 e. The lowest BCUT2D eigenvalue weighted by Gasteiger charge is -2.19. The molecule has 0 spiro atoms. The summed E-state index contributed by atoms with van der Waals surface area (Å²) in [7, 11) is 0. The van der Waals surface area contributed by atoms with Crippen LogP contribution in [0.15, 0.2) is 22.7 Å². The predicted molar refractivity (Wildman–Crippen MR) is 66.1 cm³/mol. The standard InChI is InChI=1S/C12H16BrNO/c1-8-5-6-10(9(13)7-8)14-11-3-2-4-12(11)15/h5-7,11-12,14-15H,2-4H2,1H3/t11-,12-/m1/s1. The normalized spacial score (nSPS) is 25.5. The van der Waals surface area contributed by atoms with Crippen LogP contribution in [0.3, 0.4) is 0 Å². The summed E-state index contributed by atoms with van der Waals surface area (Å²) < 4.78 is 1.07. The van der Waals surface area contributed by atoms with Gasteiger partial charge in [-0.05, 0) is 59.8 Å². The van der Waals surface area contributed by atoms with Crippen LogP contribution in [0.5, 0.6) is 0 Å². The first kappa shape index (κ1) is 11.0. The molecule has 2 rings (SSSR count). The van der Waals surface area contributed by atoms with Crippen molar-refractivity contribution in [2.24, 2.45) is 0 Å². The third-order valence-corrected chi connectivity index (χ3v) is 3.60. The number of benzene rings is 1. The van der Waals surface area contributed by atoms with Gasteiger partial charge in [0.05, 0.1) is 12.1 Å². The van der Waals surface area contributed by atoms with Gasteiger partial charge in [-0.15, -0.1) is 0 Å². The molecule has 0 bridgehead atoms. The molecule has 2 N–H and O–H groups in total. The van der Waals surface area contributed by atoms with Crippen LogP contribution in [-0.2, 0) is 0 Å². The number of aliphatic hydroxyl groups is 1. The first-order chi connectivity index (χ1) is 7.16. The quantitative estimate of drug-likeness (QED) is 0.865. The monoisotopic (exact) mass is 269 g/mol. The van der Waals surface area contributed by atoms with Crippen molar-refractivity contribution in [2.75, 3.05) is 5.32 Å². The van der Waals surface area contributed by atoms with Gasteiger partial charge < -0.3 is 10.4 Å². The summed E-state index contributed by atoms with van der Waals surface area (Å²) in [6.45, 7) is 2.07. The SMILES string of the molecule is Cc1ccc(N[C@@H]2CCC[C@H]2O)c(Br)c1. The largest absolute Gasteiger partial charge is 0.391 e. The van der Waals surface area contributed by atoms with Gasteiger partial charge in [-0.25, -0.2) is 0 Å². The number of hydrogen-bond donors (Lipinski definition) is 2. The Labute approximate surface area is 98.8 Å². The third-order valence-electron chi connectivity index (χ3n) is 2.94. The van der Waals surface area contributed by atoms with Gasteiger partial charge in [0.25, 0.3) is 0 Å². The number of anilines is 1. The van der Waals surface area contributed by atoms with Crippen LogP contribution in [0.1, 0.15) is 24.8 Å². The Morgan fingerprint density at radius 1 is 1.40 bits per heavy atom. The van der Waals surface area contributed by atoms with Gasteiger partial charge in [0.2, 0.25) is 0 Å². The van der Waals surface area contributed by atoms with Gasteiger partial charge in [-0.1, -0.05) is 6.07 Å². The minimum Gasteiger partial charge on any atom is -0.391 e.